The van der Waals surface area contributed by atoms with E-state index in [2.05, 4.69) is 49.9 Å². The standard InChI is InChI=1S/C20H30N6/c1-21-20(22-10-9-19-14-24-25(2)15-19)23-13-17-5-7-18(8-6-17)16-26-11-3-4-12-26/h5-8,14-15H,3-4,9-13,16H2,1-2H3,(H2,21,22,23). The molecule has 0 atom stereocenters. The van der Waals surface area contributed by atoms with Crippen molar-refractivity contribution in [2.75, 3.05) is 26.7 Å². The predicted molar refractivity (Wildman–Crippen MR) is 106 cm³/mol. The zero-order valence-electron chi connectivity index (χ0n) is 15.9. The molecule has 0 unspecified atom stereocenters. The van der Waals surface area contributed by atoms with Crippen LogP contribution in [0.3, 0.4) is 0 Å². The smallest absolute Gasteiger partial charge is 0.191 e. The molecule has 0 saturated carbocycles. The second-order valence-electron chi connectivity index (χ2n) is 6.92. The zero-order chi connectivity index (χ0) is 18.2. The maximum Gasteiger partial charge on any atom is 0.191 e. The summed E-state index contributed by atoms with van der Waals surface area (Å²) >= 11 is 0. The van der Waals surface area contributed by atoms with Crippen LogP contribution in [0.1, 0.15) is 29.5 Å². The molecule has 0 aliphatic carbocycles. The quantitative estimate of drug-likeness (QED) is 0.589. The summed E-state index contributed by atoms with van der Waals surface area (Å²) in [7, 11) is 3.74. The summed E-state index contributed by atoms with van der Waals surface area (Å²) in [5, 5.41) is 10.9. The topological polar surface area (TPSA) is 57.5 Å². The van der Waals surface area contributed by atoms with E-state index in [1.807, 2.05) is 24.1 Å². The van der Waals surface area contributed by atoms with E-state index in [1.54, 1.807) is 7.05 Å². The van der Waals surface area contributed by atoms with Crippen LogP contribution in [0.4, 0.5) is 0 Å². The van der Waals surface area contributed by atoms with Crippen LogP contribution in [0.15, 0.2) is 41.7 Å². The molecular weight excluding hydrogens is 324 g/mol. The summed E-state index contributed by atoms with van der Waals surface area (Å²) in [6, 6.07) is 8.91. The molecule has 2 heterocycles. The third-order valence-corrected chi connectivity index (χ3v) is 4.78. The maximum atomic E-state index is 4.29. The Balaban J connectivity index is 1.40. The molecule has 1 saturated heterocycles. The number of guanidine groups is 1. The molecule has 1 aromatic carbocycles. The molecule has 0 radical (unpaired) electrons. The van der Waals surface area contributed by atoms with Crippen LogP contribution in [0, 0.1) is 0 Å². The molecule has 0 amide bonds. The van der Waals surface area contributed by atoms with E-state index in [0.717, 1.165) is 32.0 Å². The first-order valence-electron chi connectivity index (χ1n) is 9.45. The molecular formula is C20H30N6. The van der Waals surface area contributed by atoms with Gasteiger partial charge < -0.3 is 10.6 Å². The highest BCUT2D eigenvalue weighted by molar-refractivity contribution is 5.79. The van der Waals surface area contributed by atoms with Crippen molar-refractivity contribution in [3.05, 3.63) is 53.3 Å². The van der Waals surface area contributed by atoms with Gasteiger partial charge in [0, 0.05) is 39.9 Å². The van der Waals surface area contributed by atoms with Crippen LogP contribution in [0.5, 0.6) is 0 Å². The first-order chi connectivity index (χ1) is 12.7. The molecule has 2 aromatic rings. The number of likely N-dealkylation sites (tertiary alicyclic amines) is 1. The van der Waals surface area contributed by atoms with Crippen molar-refractivity contribution in [1.82, 2.24) is 25.3 Å². The minimum atomic E-state index is 0.774. The largest absolute Gasteiger partial charge is 0.356 e. The van der Waals surface area contributed by atoms with E-state index in [0.29, 0.717) is 0 Å². The molecule has 0 bridgehead atoms. The van der Waals surface area contributed by atoms with Gasteiger partial charge in [-0.25, -0.2) is 0 Å². The van der Waals surface area contributed by atoms with Gasteiger partial charge in [0.1, 0.15) is 0 Å². The normalized spacial score (nSPS) is 15.4. The Morgan fingerprint density at radius 2 is 1.81 bits per heavy atom. The highest BCUT2D eigenvalue weighted by Crippen LogP contribution is 2.13. The molecule has 3 rings (SSSR count). The summed E-state index contributed by atoms with van der Waals surface area (Å²) in [6.45, 7) is 5.16. The minimum absolute atomic E-state index is 0.774. The first kappa shape index (κ1) is 18.5. The Kier molecular flexibility index (Phi) is 6.66. The molecule has 2 N–H and O–H groups in total. The third-order valence-electron chi connectivity index (χ3n) is 4.78. The maximum absolute atomic E-state index is 4.29. The van der Waals surface area contributed by atoms with E-state index in [4.69, 9.17) is 0 Å². The van der Waals surface area contributed by atoms with Crippen molar-refractivity contribution in [2.45, 2.75) is 32.4 Å². The fraction of sp³-hybridized carbons (Fsp3) is 0.500. The van der Waals surface area contributed by atoms with E-state index in [1.165, 1.54) is 42.6 Å². The molecule has 1 aliphatic rings. The Bertz CT molecular complexity index is 697. The SMILES string of the molecule is CN=C(NCCc1cnn(C)c1)NCc1ccc(CN2CCCC2)cc1. The van der Waals surface area contributed by atoms with Gasteiger partial charge in [0.2, 0.25) is 0 Å². The van der Waals surface area contributed by atoms with Crippen LogP contribution in [-0.2, 0) is 26.6 Å². The van der Waals surface area contributed by atoms with Gasteiger partial charge in [-0.15, -0.1) is 0 Å². The summed E-state index contributed by atoms with van der Waals surface area (Å²) in [6.07, 6.45) is 7.56. The van der Waals surface area contributed by atoms with Gasteiger partial charge in [0.15, 0.2) is 5.96 Å². The average Bonchev–Trinajstić information content (AvgIpc) is 3.31. The van der Waals surface area contributed by atoms with Gasteiger partial charge in [0.25, 0.3) is 0 Å². The van der Waals surface area contributed by atoms with Crippen LogP contribution in [0.25, 0.3) is 0 Å². The van der Waals surface area contributed by atoms with Gasteiger partial charge in [-0.3, -0.25) is 14.6 Å². The number of benzene rings is 1. The zero-order valence-corrected chi connectivity index (χ0v) is 15.9. The summed E-state index contributed by atoms with van der Waals surface area (Å²) < 4.78 is 1.83. The number of hydrogen-bond acceptors (Lipinski definition) is 3. The lowest BCUT2D eigenvalue weighted by Crippen LogP contribution is -2.37. The van der Waals surface area contributed by atoms with Crippen molar-refractivity contribution < 1.29 is 0 Å². The number of aliphatic imine (C=N–C) groups is 1. The van der Waals surface area contributed by atoms with E-state index >= 15 is 0 Å². The molecule has 0 spiro atoms. The van der Waals surface area contributed by atoms with Crippen LogP contribution < -0.4 is 10.6 Å². The van der Waals surface area contributed by atoms with Gasteiger partial charge in [-0.2, -0.15) is 5.10 Å². The lowest BCUT2D eigenvalue weighted by atomic mass is 10.1. The van der Waals surface area contributed by atoms with E-state index in [9.17, 15) is 0 Å². The molecule has 1 aromatic heterocycles. The summed E-state index contributed by atoms with van der Waals surface area (Å²) in [5.41, 5.74) is 3.89. The van der Waals surface area contributed by atoms with Crippen molar-refractivity contribution in [3.8, 4) is 0 Å². The fourth-order valence-corrected chi connectivity index (χ4v) is 3.29. The Labute approximate surface area is 156 Å². The van der Waals surface area contributed by atoms with Crippen molar-refractivity contribution in [2.24, 2.45) is 12.0 Å². The number of nitrogens with one attached hydrogen (secondary N) is 2. The lowest BCUT2D eigenvalue weighted by molar-refractivity contribution is 0.331. The Morgan fingerprint density at radius 3 is 2.46 bits per heavy atom. The van der Waals surface area contributed by atoms with Gasteiger partial charge in [-0.1, -0.05) is 24.3 Å². The number of nitrogens with zero attached hydrogens (tertiary/aromatic N) is 4. The van der Waals surface area contributed by atoms with Gasteiger partial charge in [0.05, 0.1) is 6.20 Å². The van der Waals surface area contributed by atoms with Crippen LogP contribution in [0.2, 0.25) is 0 Å². The van der Waals surface area contributed by atoms with E-state index < -0.39 is 0 Å². The summed E-state index contributed by atoms with van der Waals surface area (Å²) in [4.78, 5) is 6.82. The average molecular weight is 355 g/mol. The minimum Gasteiger partial charge on any atom is -0.356 e. The lowest BCUT2D eigenvalue weighted by Gasteiger charge is -2.15. The summed E-state index contributed by atoms with van der Waals surface area (Å²) in [5.74, 6) is 0.829. The predicted octanol–water partition coefficient (Wildman–Crippen LogP) is 1.92. The van der Waals surface area contributed by atoms with Crippen molar-refractivity contribution in [3.63, 3.8) is 0 Å². The van der Waals surface area contributed by atoms with Crippen LogP contribution in [-0.4, -0.2) is 47.3 Å². The third kappa shape index (κ3) is 5.59. The highest BCUT2D eigenvalue weighted by atomic mass is 15.2. The van der Waals surface area contributed by atoms with Gasteiger partial charge >= 0.3 is 0 Å². The van der Waals surface area contributed by atoms with Gasteiger partial charge in [-0.05, 0) is 49.0 Å². The van der Waals surface area contributed by atoms with Crippen molar-refractivity contribution in [1.29, 1.82) is 0 Å². The fourth-order valence-electron chi connectivity index (χ4n) is 3.29. The number of rotatable bonds is 7. The molecule has 6 heteroatoms. The number of aromatic nitrogens is 2. The van der Waals surface area contributed by atoms with E-state index in [-0.39, 0.29) is 0 Å². The molecule has 26 heavy (non-hydrogen) atoms. The molecule has 1 fully saturated rings. The number of hydrogen-bond donors (Lipinski definition) is 2. The van der Waals surface area contributed by atoms with Crippen molar-refractivity contribution >= 4 is 5.96 Å². The molecule has 1 aliphatic heterocycles. The molecule has 140 valence electrons. The monoisotopic (exact) mass is 354 g/mol. The second-order valence-corrected chi connectivity index (χ2v) is 6.92. The first-order valence-corrected chi connectivity index (χ1v) is 9.45. The highest BCUT2D eigenvalue weighted by Gasteiger charge is 2.11. The second kappa shape index (κ2) is 9.38. The Morgan fingerprint density at radius 1 is 1.08 bits per heavy atom. The Hall–Kier alpha value is -2.34. The molecule has 6 nitrogen and oxygen atoms in total. The van der Waals surface area contributed by atoms with Crippen LogP contribution >= 0.6 is 0 Å². The number of aryl methyl sites for hydroxylation is 1.